The summed E-state index contributed by atoms with van der Waals surface area (Å²) in [6.07, 6.45) is -3.26. The molecule has 5 aromatic rings. The molecule has 5 rings (SSSR count). The van der Waals surface area contributed by atoms with Crippen molar-refractivity contribution in [1.29, 1.82) is 10.5 Å². The first-order chi connectivity index (χ1) is 29.3. The number of ketones is 1. The Morgan fingerprint density at radius 1 is 0.429 bits per heavy atom. The highest BCUT2D eigenvalue weighted by molar-refractivity contribution is 7.95. The number of hydrogen-bond donors (Lipinski definition) is 0. The van der Waals surface area contributed by atoms with Crippen molar-refractivity contribution in [3.05, 3.63) is 163 Å². The molecule has 0 unspecified atom stereocenters. The van der Waals surface area contributed by atoms with Crippen LogP contribution < -0.4 is 21.9 Å². The molecule has 0 atom stereocenters. The molecule has 0 fully saturated rings. The molecule has 0 aliphatic rings. The summed E-state index contributed by atoms with van der Waals surface area (Å²) >= 11 is 0. The van der Waals surface area contributed by atoms with E-state index in [1.54, 1.807) is 24.3 Å². The van der Waals surface area contributed by atoms with E-state index < -0.39 is 144 Å². The Labute approximate surface area is 341 Å². The van der Waals surface area contributed by atoms with E-state index in [-0.39, 0.29) is 22.3 Å². The number of carbonyl (C=O) groups is 1. The zero-order valence-electron chi connectivity index (χ0n) is 30.4. The van der Waals surface area contributed by atoms with Crippen molar-refractivity contribution in [3.8, 4) is 12.1 Å². The second-order valence-electron chi connectivity index (χ2n) is 12.7. The smallest absolute Gasteiger partial charge is 0.200 e. The molecule has 0 aliphatic carbocycles. The Kier molecular flexibility index (Phi) is 14.4. The lowest BCUT2D eigenvalue weighted by Gasteiger charge is -2.44. The van der Waals surface area contributed by atoms with Gasteiger partial charge in [0.2, 0.25) is 0 Å². The SMILES string of the molecule is C[S+](C)CC(C(=O)c1ccccc1)=C(C#N)C#N.Fc1c(F)c(F)c([B-](c2c(F)c(F)c(F)c(F)c2F)(c2c(F)c(F)c(F)c(F)c2F)c2c(F)c(F)c(F)c(F)c2F)c(F)c1F. The van der Waals surface area contributed by atoms with Crippen LogP contribution >= 0.6 is 0 Å². The van der Waals surface area contributed by atoms with Gasteiger partial charge in [-0.1, -0.05) is 30.3 Å². The van der Waals surface area contributed by atoms with Gasteiger partial charge < -0.3 is 0 Å². The summed E-state index contributed by atoms with van der Waals surface area (Å²) < 4.78 is 294. The predicted molar refractivity (Wildman–Crippen MR) is 182 cm³/mol. The normalized spacial score (nSPS) is 11.3. The first-order valence-corrected chi connectivity index (χ1v) is 18.4. The van der Waals surface area contributed by atoms with Gasteiger partial charge in [-0.3, -0.25) is 4.79 Å². The van der Waals surface area contributed by atoms with Crippen LogP contribution in [0.1, 0.15) is 10.4 Å². The first kappa shape index (κ1) is 49.2. The topological polar surface area (TPSA) is 64.7 Å². The summed E-state index contributed by atoms with van der Waals surface area (Å²) in [5.41, 5.74) is -13.6. The van der Waals surface area contributed by atoms with Gasteiger partial charge in [0.15, 0.2) is 75.6 Å². The van der Waals surface area contributed by atoms with Gasteiger partial charge in [0.25, 0.3) is 0 Å². The largest absolute Gasteiger partial charge is 0.289 e. The molecule has 0 saturated carbocycles. The summed E-state index contributed by atoms with van der Waals surface area (Å²) in [6, 6.07) is 12.4. The molecule has 25 heteroatoms. The number of hydrogen-bond acceptors (Lipinski definition) is 3. The molecular weight excluding hydrogens is 923 g/mol. The number of allylic oxidation sites excluding steroid dienone is 1. The van der Waals surface area contributed by atoms with Crippen LogP contribution in [0.3, 0.4) is 0 Å². The fourth-order valence-electron chi connectivity index (χ4n) is 6.34. The predicted octanol–water partition coefficient (Wildman–Crippen LogP) is 7.94. The van der Waals surface area contributed by atoms with E-state index in [2.05, 4.69) is 0 Å². The monoisotopic (exact) mass is 936 g/mol. The van der Waals surface area contributed by atoms with E-state index in [9.17, 15) is 57.5 Å². The summed E-state index contributed by atoms with van der Waals surface area (Å²) in [6.45, 7) is 0. The van der Waals surface area contributed by atoms with Gasteiger partial charge in [-0.2, -0.15) is 10.5 Å². The lowest BCUT2D eigenvalue weighted by Crippen LogP contribution is -2.81. The molecule has 0 aromatic heterocycles. The number of rotatable bonds is 8. The first-order valence-electron chi connectivity index (χ1n) is 16.2. The quantitative estimate of drug-likeness (QED) is 0.0232. The summed E-state index contributed by atoms with van der Waals surface area (Å²) in [5, 5.41) is 17.9. The maximum Gasteiger partial charge on any atom is 0.200 e. The van der Waals surface area contributed by atoms with E-state index in [4.69, 9.17) is 10.5 Å². The number of halogens is 20. The van der Waals surface area contributed by atoms with Gasteiger partial charge in [-0.25, -0.2) is 87.8 Å². The summed E-state index contributed by atoms with van der Waals surface area (Å²) in [7, 11) is -0.0447. The molecule has 0 amide bonds. The van der Waals surface area contributed by atoms with Crippen molar-refractivity contribution in [2.24, 2.45) is 0 Å². The minimum absolute atomic E-state index is 0.0447. The minimum atomic E-state index is -7.22. The van der Waals surface area contributed by atoms with Gasteiger partial charge in [-0.15, -0.1) is 21.9 Å². The van der Waals surface area contributed by atoms with Crippen LogP contribution in [0.5, 0.6) is 0 Å². The molecule has 330 valence electrons. The van der Waals surface area contributed by atoms with Crippen LogP contribution in [-0.4, -0.2) is 30.2 Å². The third kappa shape index (κ3) is 7.94. The third-order valence-electron chi connectivity index (χ3n) is 8.98. The number of nitrogens with zero attached hydrogens (tertiary/aromatic N) is 2. The molecule has 0 aliphatic heterocycles. The van der Waals surface area contributed by atoms with Crippen LogP contribution in [0.15, 0.2) is 41.5 Å². The van der Waals surface area contributed by atoms with Crippen LogP contribution in [0.25, 0.3) is 0 Å². The standard InChI is InChI=1S/C24BF20.C14H13N2OS/c26-5-1(6(27)14(35)21(42)13(5)34)25(2-7(28)15(36)22(43)16(37)8(2)29,3-9(30)17(38)23(44)18(39)10(3)31)4-11(32)19(40)24(45)20(41)12(4)33;1-18(2)10-13(12(8-15)9-16)14(17)11-6-4-3-5-7-11/h;3-7H,10H2,1-2H3/q-1;+1. The maximum absolute atomic E-state index is 15.4. The fraction of sp³-hybridized carbons (Fsp3) is 0.0789. The number of benzene rings is 5. The van der Waals surface area contributed by atoms with Crippen LogP contribution in [0, 0.1) is 139 Å². The molecule has 63 heavy (non-hydrogen) atoms. The molecule has 0 saturated heterocycles. The second kappa shape index (κ2) is 18.5. The zero-order valence-corrected chi connectivity index (χ0v) is 31.3. The molecule has 5 aromatic carbocycles. The third-order valence-corrected chi connectivity index (χ3v) is 9.84. The molecule has 3 nitrogen and oxygen atoms in total. The fourth-order valence-corrected chi connectivity index (χ4v) is 7.19. The summed E-state index contributed by atoms with van der Waals surface area (Å²) in [4.78, 5) is 12.3. The molecule has 0 heterocycles. The van der Waals surface area contributed by atoms with Crippen LogP contribution in [0.4, 0.5) is 87.8 Å². The van der Waals surface area contributed by atoms with E-state index >= 15 is 35.1 Å². The van der Waals surface area contributed by atoms with Crippen molar-refractivity contribution >= 4 is 44.7 Å². The zero-order chi connectivity index (χ0) is 47.9. The number of carbonyl (C=O) groups excluding carboxylic acids is 1. The van der Waals surface area contributed by atoms with Crippen molar-refractivity contribution in [1.82, 2.24) is 0 Å². The Morgan fingerprint density at radius 2 is 0.651 bits per heavy atom. The van der Waals surface area contributed by atoms with Gasteiger partial charge in [0.1, 0.15) is 76.1 Å². The average molecular weight is 936 g/mol. The van der Waals surface area contributed by atoms with Crippen LogP contribution in [-0.2, 0) is 10.9 Å². The Balaban J connectivity index is 0.000000405. The van der Waals surface area contributed by atoms with Crippen LogP contribution in [0.2, 0.25) is 0 Å². The highest BCUT2D eigenvalue weighted by Crippen LogP contribution is 2.31. The minimum Gasteiger partial charge on any atom is -0.289 e. The molecule has 0 N–H and O–H groups in total. The van der Waals surface area contributed by atoms with Crippen molar-refractivity contribution < 1.29 is 92.6 Å². The number of Topliss-reactive ketones (excluding diaryl/α,β-unsaturated/α-hetero) is 1. The lowest BCUT2D eigenvalue weighted by molar-refractivity contribution is 0.103. The van der Waals surface area contributed by atoms with Crippen molar-refractivity contribution in [2.75, 3.05) is 18.3 Å². The number of nitriles is 2. The highest BCUT2D eigenvalue weighted by Gasteiger charge is 2.52. The molecule has 0 radical (unpaired) electrons. The maximum atomic E-state index is 15.4. The van der Waals surface area contributed by atoms with Crippen molar-refractivity contribution in [3.63, 3.8) is 0 Å². The molecular formula is C38H13BF20N2OS. The van der Waals surface area contributed by atoms with E-state index in [1.807, 2.05) is 30.7 Å². The second-order valence-corrected chi connectivity index (χ2v) is 15.0. The van der Waals surface area contributed by atoms with Crippen molar-refractivity contribution in [2.45, 2.75) is 0 Å². The lowest BCUT2D eigenvalue weighted by atomic mass is 9.12. The molecule has 0 spiro atoms. The van der Waals surface area contributed by atoms with E-state index in [1.165, 1.54) is 0 Å². The summed E-state index contributed by atoms with van der Waals surface area (Å²) in [5.74, 6) is -71.2. The van der Waals surface area contributed by atoms with Gasteiger partial charge in [0, 0.05) is 5.56 Å². The van der Waals surface area contributed by atoms with Gasteiger partial charge in [0.05, 0.1) is 18.1 Å². The van der Waals surface area contributed by atoms with Gasteiger partial charge in [-0.05, 0) is 10.9 Å². The highest BCUT2D eigenvalue weighted by atomic mass is 32.2. The Morgan fingerprint density at radius 3 is 0.857 bits per heavy atom. The van der Waals surface area contributed by atoms with E-state index in [0.717, 1.165) is 0 Å². The van der Waals surface area contributed by atoms with Gasteiger partial charge >= 0.3 is 0 Å². The Hall–Kier alpha value is -6.50. The van der Waals surface area contributed by atoms with E-state index in [0.29, 0.717) is 16.9 Å². The molecule has 0 bridgehead atoms. The average Bonchev–Trinajstić information content (AvgIpc) is 3.26. The Bertz CT molecular complexity index is 2440.